The molecule has 0 radical (unpaired) electrons. The van der Waals surface area contributed by atoms with Crippen LogP contribution in [0.2, 0.25) is 0 Å². The first-order valence-electron chi connectivity index (χ1n) is 8.55. The molecule has 2 heterocycles. The van der Waals surface area contributed by atoms with Crippen molar-refractivity contribution in [1.29, 1.82) is 0 Å². The third-order valence-corrected chi connectivity index (χ3v) is 7.04. The summed E-state index contributed by atoms with van der Waals surface area (Å²) in [5.74, 6) is -1.53. The van der Waals surface area contributed by atoms with Gasteiger partial charge in [0.15, 0.2) is 0 Å². The van der Waals surface area contributed by atoms with Gasteiger partial charge < -0.3 is 15.2 Å². The highest BCUT2D eigenvalue weighted by molar-refractivity contribution is 7.89. The molecule has 2 saturated heterocycles. The zero-order valence-corrected chi connectivity index (χ0v) is 15.3. The fourth-order valence-electron chi connectivity index (χ4n) is 3.74. The number of carbonyl (C=O) groups excluding carboxylic acids is 1. The molecule has 3 rings (SSSR count). The first-order chi connectivity index (χ1) is 12.3. The smallest absolute Gasteiger partial charge is 0.309 e. The molecule has 0 bridgehead atoms. The lowest BCUT2D eigenvalue weighted by atomic mass is 9.78. The number of carboxylic acid groups (broad SMARTS) is 1. The number of carboxylic acids is 1. The summed E-state index contributed by atoms with van der Waals surface area (Å²) in [5.41, 5.74) is -0.853. The van der Waals surface area contributed by atoms with Crippen LogP contribution < -0.4 is 10.1 Å². The molecule has 2 aliphatic rings. The molecule has 0 unspecified atom stereocenters. The van der Waals surface area contributed by atoms with E-state index >= 15 is 0 Å². The van der Waals surface area contributed by atoms with Gasteiger partial charge in [-0.2, -0.15) is 4.31 Å². The number of nitrogens with one attached hydrogen (secondary N) is 1. The first kappa shape index (κ1) is 18.7. The number of hydrogen-bond acceptors (Lipinski definition) is 5. The fourth-order valence-corrected chi connectivity index (χ4v) is 5.18. The number of nitrogens with zero attached hydrogens (tertiary/aromatic N) is 1. The quantitative estimate of drug-likeness (QED) is 0.780. The maximum atomic E-state index is 12.8. The molecule has 1 atom stereocenters. The lowest BCUT2D eigenvalue weighted by molar-refractivity contribution is -0.144. The summed E-state index contributed by atoms with van der Waals surface area (Å²) in [4.78, 5) is 23.3. The van der Waals surface area contributed by atoms with Gasteiger partial charge in [0, 0.05) is 19.5 Å². The van der Waals surface area contributed by atoms with Crippen LogP contribution in [-0.2, 0) is 19.6 Å². The lowest BCUT2D eigenvalue weighted by Gasteiger charge is -2.40. The topological polar surface area (TPSA) is 113 Å². The minimum Gasteiger partial charge on any atom is -0.494 e. The van der Waals surface area contributed by atoms with Gasteiger partial charge in [0.1, 0.15) is 5.75 Å². The molecule has 8 nitrogen and oxygen atoms in total. The Morgan fingerprint density at radius 1 is 1.31 bits per heavy atom. The van der Waals surface area contributed by atoms with Crippen LogP contribution >= 0.6 is 0 Å². The number of rotatable bonds is 5. The largest absolute Gasteiger partial charge is 0.494 e. The van der Waals surface area contributed by atoms with Gasteiger partial charge in [-0.25, -0.2) is 8.42 Å². The molecular formula is C17H22N2O6S. The zero-order valence-electron chi connectivity index (χ0n) is 14.5. The summed E-state index contributed by atoms with van der Waals surface area (Å²) in [6, 6.07) is 6.23. The van der Waals surface area contributed by atoms with Crippen molar-refractivity contribution in [2.75, 3.05) is 19.7 Å². The van der Waals surface area contributed by atoms with E-state index in [1.807, 2.05) is 6.92 Å². The summed E-state index contributed by atoms with van der Waals surface area (Å²) in [5, 5.41) is 12.2. The lowest BCUT2D eigenvalue weighted by Crippen LogP contribution is -2.56. The Balaban J connectivity index is 1.74. The maximum Gasteiger partial charge on any atom is 0.309 e. The van der Waals surface area contributed by atoms with Crippen molar-refractivity contribution >= 4 is 21.9 Å². The number of carbonyl (C=O) groups is 2. The van der Waals surface area contributed by atoms with Crippen LogP contribution in [0.3, 0.4) is 0 Å². The Morgan fingerprint density at radius 2 is 1.92 bits per heavy atom. The Kier molecular flexibility index (Phi) is 4.94. The third kappa shape index (κ3) is 3.28. The SMILES string of the molecule is CCOc1ccc(S(=O)(=O)N2CCC3(CC2)NC(=O)C[C@H]3C(=O)O)cc1. The average Bonchev–Trinajstić information content (AvgIpc) is 2.92. The number of ether oxygens (including phenoxy) is 1. The highest BCUT2D eigenvalue weighted by atomic mass is 32.2. The normalized spacial score (nSPS) is 23.0. The van der Waals surface area contributed by atoms with E-state index in [0.717, 1.165) is 0 Å². The van der Waals surface area contributed by atoms with Crippen molar-refractivity contribution in [1.82, 2.24) is 9.62 Å². The third-order valence-electron chi connectivity index (χ3n) is 5.13. The Morgan fingerprint density at radius 3 is 2.46 bits per heavy atom. The van der Waals surface area contributed by atoms with E-state index in [-0.39, 0.29) is 43.2 Å². The second-order valence-electron chi connectivity index (χ2n) is 6.61. The standard InChI is InChI=1S/C17H22N2O6S/c1-2-25-12-3-5-13(6-4-12)26(23,24)19-9-7-17(8-10-19)14(16(21)22)11-15(20)18-17/h3-6,14H,2,7-11H2,1H3,(H,18,20)(H,21,22)/t14-/m0/s1. The molecule has 0 aliphatic carbocycles. The fraction of sp³-hybridized carbons (Fsp3) is 0.529. The van der Waals surface area contributed by atoms with Crippen LogP contribution in [-0.4, -0.2) is 54.9 Å². The van der Waals surface area contributed by atoms with Crippen molar-refractivity contribution in [3.8, 4) is 5.75 Å². The van der Waals surface area contributed by atoms with Crippen molar-refractivity contribution in [3.05, 3.63) is 24.3 Å². The Hall–Kier alpha value is -2.13. The predicted molar refractivity (Wildman–Crippen MR) is 92.2 cm³/mol. The molecule has 9 heteroatoms. The summed E-state index contributed by atoms with van der Waals surface area (Å²) >= 11 is 0. The molecule has 0 aromatic heterocycles. The molecule has 2 fully saturated rings. The van der Waals surface area contributed by atoms with E-state index in [4.69, 9.17) is 4.74 Å². The number of benzene rings is 1. The summed E-state index contributed by atoms with van der Waals surface area (Å²) < 4.78 is 32.3. The van der Waals surface area contributed by atoms with Crippen molar-refractivity contribution in [3.63, 3.8) is 0 Å². The van der Waals surface area contributed by atoms with Crippen LogP contribution in [0.5, 0.6) is 5.75 Å². The van der Waals surface area contributed by atoms with E-state index in [2.05, 4.69) is 5.32 Å². The molecule has 1 spiro atoms. The van der Waals surface area contributed by atoms with E-state index < -0.39 is 27.4 Å². The molecule has 2 aliphatic heterocycles. The Bertz CT molecular complexity index is 797. The van der Waals surface area contributed by atoms with E-state index in [1.54, 1.807) is 12.1 Å². The van der Waals surface area contributed by atoms with Crippen molar-refractivity contribution < 1.29 is 27.9 Å². The zero-order chi connectivity index (χ0) is 18.9. The Labute approximate surface area is 152 Å². The minimum absolute atomic E-state index is 0.0546. The van der Waals surface area contributed by atoms with Crippen LogP contribution in [0.1, 0.15) is 26.2 Å². The minimum atomic E-state index is -3.67. The van der Waals surface area contributed by atoms with E-state index in [1.165, 1.54) is 16.4 Å². The first-order valence-corrected chi connectivity index (χ1v) is 9.99. The molecule has 1 aromatic rings. The van der Waals surface area contributed by atoms with Gasteiger partial charge >= 0.3 is 5.97 Å². The van der Waals surface area contributed by atoms with Gasteiger partial charge in [0.05, 0.1) is 23.0 Å². The van der Waals surface area contributed by atoms with Gasteiger partial charge in [-0.05, 0) is 44.0 Å². The van der Waals surface area contributed by atoms with Crippen LogP contribution in [0.4, 0.5) is 0 Å². The van der Waals surface area contributed by atoms with Gasteiger partial charge in [-0.1, -0.05) is 0 Å². The summed E-state index contributed by atoms with van der Waals surface area (Å²) in [6.07, 6.45) is 0.513. The number of amides is 1. The van der Waals surface area contributed by atoms with Crippen molar-refractivity contribution in [2.24, 2.45) is 5.92 Å². The molecule has 0 saturated carbocycles. The second kappa shape index (κ2) is 6.88. The van der Waals surface area contributed by atoms with Gasteiger partial charge in [0.2, 0.25) is 15.9 Å². The van der Waals surface area contributed by atoms with Gasteiger partial charge in [0.25, 0.3) is 0 Å². The molecule has 1 aromatic carbocycles. The van der Waals surface area contributed by atoms with E-state index in [0.29, 0.717) is 12.4 Å². The highest BCUT2D eigenvalue weighted by Gasteiger charge is 2.52. The van der Waals surface area contributed by atoms with Gasteiger partial charge in [-0.15, -0.1) is 0 Å². The summed E-state index contributed by atoms with van der Waals surface area (Å²) in [6.45, 7) is 2.68. The number of aliphatic carboxylic acids is 1. The summed E-state index contributed by atoms with van der Waals surface area (Å²) in [7, 11) is -3.67. The molecule has 2 N–H and O–H groups in total. The molecular weight excluding hydrogens is 360 g/mol. The number of sulfonamides is 1. The molecule has 26 heavy (non-hydrogen) atoms. The molecule has 142 valence electrons. The van der Waals surface area contributed by atoms with Crippen LogP contribution in [0.15, 0.2) is 29.2 Å². The average molecular weight is 382 g/mol. The monoisotopic (exact) mass is 382 g/mol. The predicted octanol–water partition coefficient (Wildman–Crippen LogP) is 0.829. The molecule has 1 amide bonds. The van der Waals surface area contributed by atoms with Gasteiger partial charge in [-0.3, -0.25) is 9.59 Å². The second-order valence-corrected chi connectivity index (χ2v) is 8.55. The maximum absolute atomic E-state index is 12.8. The van der Waals surface area contributed by atoms with Crippen molar-refractivity contribution in [2.45, 2.75) is 36.6 Å². The number of piperidine rings is 1. The highest BCUT2D eigenvalue weighted by Crippen LogP contribution is 2.38. The number of hydrogen-bond donors (Lipinski definition) is 2. The van der Waals surface area contributed by atoms with Crippen LogP contribution in [0, 0.1) is 5.92 Å². The van der Waals surface area contributed by atoms with E-state index in [9.17, 15) is 23.1 Å². The van der Waals surface area contributed by atoms with Crippen LogP contribution in [0.25, 0.3) is 0 Å².